The van der Waals surface area contributed by atoms with Gasteiger partial charge in [-0.15, -0.1) is 0 Å². The Labute approximate surface area is 156 Å². The van der Waals surface area contributed by atoms with Crippen molar-refractivity contribution in [2.24, 2.45) is 0 Å². The molecule has 1 atom stereocenters. The summed E-state index contributed by atoms with van der Waals surface area (Å²) in [5.41, 5.74) is 0.570. The third kappa shape index (κ3) is 6.67. The summed E-state index contributed by atoms with van der Waals surface area (Å²) in [6, 6.07) is 9.46. The second-order valence-electron chi connectivity index (χ2n) is 7.91. The van der Waals surface area contributed by atoms with Crippen LogP contribution in [0.4, 0.5) is 4.79 Å². The molecule has 2 rings (SSSR count). The fourth-order valence-corrected chi connectivity index (χ4v) is 3.06. The Bertz CT molecular complexity index is 592. The number of hydrogen-bond acceptors (Lipinski definition) is 4. The number of hydrogen-bond donors (Lipinski definition) is 1. The van der Waals surface area contributed by atoms with Gasteiger partial charge >= 0.3 is 6.09 Å². The SMILES string of the molecule is CN(Cc1ccccc1)CC(NC(=O)OC(C)(C)C)C(=O)N1CCCC1. The van der Waals surface area contributed by atoms with Gasteiger partial charge in [0, 0.05) is 26.2 Å². The molecular weight excluding hydrogens is 330 g/mol. The lowest BCUT2D eigenvalue weighted by Crippen LogP contribution is -2.53. The maximum Gasteiger partial charge on any atom is 0.408 e. The molecule has 6 heteroatoms. The molecule has 1 fully saturated rings. The Hall–Kier alpha value is -2.08. The van der Waals surface area contributed by atoms with Gasteiger partial charge in [0.25, 0.3) is 0 Å². The van der Waals surface area contributed by atoms with E-state index in [2.05, 4.69) is 17.4 Å². The van der Waals surface area contributed by atoms with Gasteiger partial charge in [-0.25, -0.2) is 4.79 Å². The van der Waals surface area contributed by atoms with E-state index in [1.807, 2.05) is 55.8 Å². The van der Waals surface area contributed by atoms with E-state index < -0.39 is 17.7 Å². The predicted octanol–water partition coefficient (Wildman–Crippen LogP) is 2.63. The van der Waals surface area contributed by atoms with E-state index in [0.717, 1.165) is 25.9 Å². The molecule has 1 aromatic rings. The Morgan fingerprint density at radius 1 is 1.19 bits per heavy atom. The molecule has 144 valence electrons. The highest BCUT2D eigenvalue weighted by molar-refractivity contribution is 5.86. The van der Waals surface area contributed by atoms with Crippen LogP contribution in [0.3, 0.4) is 0 Å². The van der Waals surface area contributed by atoms with Crippen molar-refractivity contribution in [3.63, 3.8) is 0 Å². The van der Waals surface area contributed by atoms with Gasteiger partial charge in [-0.3, -0.25) is 9.69 Å². The van der Waals surface area contributed by atoms with Crippen molar-refractivity contribution < 1.29 is 14.3 Å². The lowest BCUT2D eigenvalue weighted by atomic mass is 10.2. The molecule has 1 N–H and O–H groups in total. The molecular formula is C20H31N3O3. The zero-order chi connectivity index (χ0) is 19.2. The first-order chi connectivity index (χ1) is 12.2. The minimum atomic E-state index is -0.614. The second kappa shape index (κ2) is 9.03. The third-order valence-corrected chi connectivity index (χ3v) is 4.20. The number of likely N-dealkylation sites (N-methyl/N-ethyl adjacent to an activating group) is 1. The molecule has 1 aliphatic heterocycles. The minimum Gasteiger partial charge on any atom is -0.444 e. The van der Waals surface area contributed by atoms with Gasteiger partial charge in [-0.05, 0) is 46.2 Å². The summed E-state index contributed by atoms with van der Waals surface area (Å²) in [5, 5.41) is 2.77. The van der Waals surface area contributed by atoms with Crippen molar-refractivity contribution in [3.8, 4) is 0 Å². The molecule has 0 aromatic heterocycles. The van der Waals surface area contributed by atoms with E-state index >= 15 is 0 Å². The Morgan fingerprint density at radius 3 is 2.38 bits per heavy atom. The monoisotopic (exact) mass is 361 g/mol. The lowest BCUT2D eigenvalue weighted by molar-refractivity contribution is -0.132. The highest BCUT2D eigenvalue weighted by atomic mass is 16.6. The van der Waals surface area contributed by atoms with Crippen molar-refractivity contribution >= 4 is 12.0 Å². The Kier molecular flexibility index (Phi) is 7.03. The number of carbonyl (C=O) groups excluding carboxylic acids is 2. The van der Waals surface area contributed by atoms with Gasteiger partial charge in [0.2, 0.25) is 5.91 Å². The molecule has 0 saturated carbocycles. The highest BCUT2D eigenvalue weighted by Crippen LogP contribution is 2.12. The van der Waals surface area contributed by atoms with E-state index in [1.54, 1.807) is 0 Å². The van der Waals surface area contributed by atoms with Crippen LogP contribution in [-0.4, -0.2) is 60.1 Å². The number of likely N-dealkylation sites (tertiary alicyclic amines) is 1. The Balaban J connectivity index is 2.01. The first-order valence-corrected chi connectivity index (χ1v) is 9.25. The van der Waals surface area contributed by atoms with Gasteiger partial charge < -0.3 is 15.0 Å². The first kappa shape index (κ1) is 20.2. The summed E-state index contributed by atoms with van der Waals surface area (Å²) in [5.74, 6) is -0.0340. The minimum absolute atomic E-state index is 0.0340. The van der Waals surface area contributed by atoms with E-state index in [0.29, 0.717) is 13.1 Å². The number of amides is 2. The van der Waals surface area contributed by atoms with Crippen LogP contribution in [0.15, 0.2) is 30.3 Å². The van der Waals surface area contributed by atoms with Gasteiger partial charge in [0.15, 0.2) is 0 Å². The average molecular weight is 361 g/mol. The summed E-state index contributed by atoms with van der Waals surface area (Å²) in [4.78, 5) is 28.9. The average Bonchev–Trinajstić information content (AvgIpc) is 3.07. The van der Waals surface area contributed by atoms with Crippen molar-refractivity contribution in [3.05, 3.63) is 35.9 Å². The highest BCUT2D eigenvalue weighted by Gasteiger charge is 2.30. The van der Waals surface area contributed by atoms with Crippen LogP contribution < -0.4 is 5.32 Å². The van der Waals surface area contributed by atoms with Crippen LogP contribution in [0.25, 0.3) is 0 Å². The smallest absolute Gasteiger partial charge is 0.408 e. The fourth-order valence-electron chi connectivity index (χ4n) is 3.06. The zero-order valence-corrected chi connectivity index (χ0v) is 16.3. The quantitative estimate of drug-likeness (QED) is 0.846. The summed E-state index contributed by atoms with van der Waals surface area (Å²) >= 11 is 0. The van der Waals surface area contributed by atoms with Crippen molar-refractivity contribution in [2.75, 3.05) is 26.7 Å². The number of carbonyl (C=O) groups is 2. The number of rotatable bonds is 6. The van der Waals surface area contributed by atoms with Gasteiger partial charge in [0.05, 0.1) is 0 Å². The van der Waals surface area contributed by atoms with Crippen LogP contribution in [0.2, 0.25) is 0 Å². The van der Waals surface area contributed by atoms with E-state index in [1.165, 1.54) is 5.56 Å². The molecule has 0 radical (unpaired) electrons. The van der Waals surface area contributed by atoms with Crippen LogP contribution >= 0.6 is 0 Å². The van der Waals surface area contributed by atoms with E-state index in [9.17, 15) is 9.59 Å². The van der Waals surface area contributed by atoms with Gasteiger partial charge in [0.1, 0.15) is 11.6 Å². The van der Waals surface area contributed by atoms with Gasteiger partial charge in [-0.1, -0.05) is 30.3 Å². The van der Waals surface area contributed by atoms with Crippen LogP contribution in [0.1, 0.15) is 39.2 Å². The molecule has 1 unspecified atom stereocenters. The molecule has 0 aliphatic carbocycles. The van der Waals surface area contributed by atoms with Crippen molar-refractivity contribution in [2.45, 2.75) is 51.8 Å². The van der Waals surface area contributed by atoms with Gasteiger partial charge in [-0.2, -0.15) is 0 Å². The van der Waals surface area contributed by atoms with E-state index in [-0.39, 0.29) is 5.91 Å². The number of benzene rings is 1. The number of ether oxygens (including phenoxy) is 1. The molecule has 6 nitrogen and oxygen atoms in total. The van der Waals surface area contributed by atoms with E-state index in [4.69, 9.17) is 4.74 Å². The third-order valence-electron chi connectivity index (χ3n) is 4.20. The fraction of sp³-hybridized carbons (Fsp3) is 0.600. The largest absolute Gasteiger partial charge is 0.444 e. The van der Waals surface area contributed by atoms with Crippen LogP contribution in [0, 0.1) is 0 Å². The zero-order valence-electron chi connectivity index (χ0n) is 16.3. The maximum atomic E-state index is 12.9. The molecule has 1 saturated heterocycles. The molecule has 26 heavy (non-hydrogen) atoms. The molecule has 1 aliphatic rings. The normalized spacial score (nSPS) is 15.8. The molecule has 1 heterocycles. The van der Waals surface area contributed by atoms with Crippen molar-refractivity contribution in [1.29, 1.82) is 0 Å². The Morgan fingerprint density at radius 2 is 1.81 bits per heavy atom. The van der Waals surface area contributed by atoms with Crippen LogP contribution in [0.5, 0.6) is 0 Å². The molecule has 0 spiro atoms. The molecule has 0 bridgehead atoms. The standard InChI is InChI=1S/C20H31N3O3/c1-20(2,3)26-19(25)21-17(18(24)23-12-8-9-13-23)15-22(4)14-16-10-6-5-7-11-16/h5-7,10-11,17H,8-9,12-15H2,1-4H3,(H,21,25). The van der Waals surface area contributed by atoms with Crippen molar-refractivity contribution in [1.82, 2.24) is 15.1 Å². The molecule has 2 amide bonds. The number of nitrogens with zero attached hydrogens (tertiary/aromatic N) is 2. The van der Waals surface area contributed by atoms with Crippen LogP contribution in [-0.2, 0) is 16.1 Å². The summed E-state index contributed by atoms with van der Waals surface area (Å²) in [7, 11) is 1.95. The predicted molar refractivity (Wildman–Crippen MR) is 102 cm³/mol. The molecule has 1 aromatic carbocycles. The second-order valence-corrected chi connectivity index (χ2v) is 7.91. The topological polar surface area (TPSA) is 61.9 Å². The summed E-state index contributed by atoms with van der Waals surface area (Å²) < 4.78 is 5.34. The first-order valence-electron chi connectivity index (χ1n) is 9.25. The summed E-state index contributed by atoms with van der Waals surface area (Å²) in [6.45, 7) is 8.09. The number of alkyl carbamates (subject to hydrolysis) is 1. The number of nitrogens with one attached hydrogen (secondary N) is 1. The maximum absolute atomic E-state index is 12.9. The lowest BCUT2D eigenvalue weighted by Gasteiger charge is -2.29. The summed E-state index contributed by atoms with van der Waals surface area (Å²) in [6.07, 6.45) is 1.48.